The summed E-state index contributed by atoms with van der Waals surface area (Å²) in [5, 5.41) is 3.79. The molecular weight excluding hydrogens is 188 g/mol. The van der Waals surface area contributed by atoms with Crippen LogP contribution in [-0.2, 0) is 0 Å². The zero-order valence-corrected chi connectivity index (χ0v) is 7.92. The van der Waals surface area contributed by atoms with E-state index in [0.717, 1.165) is 19.5 Å². The first-order valence-corrected chi connectivity index (χ1v) is 4.72. The highest BCUT2D eigenvalue weighted by molar-refractivity contribution is 6.31. The van der Waals surface area contributed by atoms with Crippen LogP contribution in [0.4, 0.5) is 0 Å². The number of nitrogens with zero attached hydrogens (tertiary/aromatic N) is 1. The molecule has 0 saturated carbocycles. The van der Waals surface area contributed by atoms with E-state index < -0.39 is 0 Å². The molecule has 2 rings (SSSR count). The Morgan fingerprint density at radius 2 is 2.54 bits per heavy atom. The fraction of sp³-hybridized carbons (Fsp3) is 0.444. The van der Waals surface area contributed by atoms with Crippen LogP contribution in [0.5, 0.6) is 5.88 Å². The third-order valence-corrected chi connectivity index (χ3v) is 2.31. The largest absolute Gasteiger partial charge is 0.472 e. The topological polar surface area (TPSA) is 34.1 Å². The van der Waals surface area contributed by atoms with E-state index in [1.165, 1.54) is 0 Å². The fourth-order valence-electron chi connectivity index (χ4n) is 1.34. The molecule has 0 aliphatic carbocycles. The van der Waals surface area contributed by atoms with Gasteiger partial charge in [-0.2, -0.15) is 0 Å². The molecule has 1 saturated heterocycles. The Morgan fingerprint density at radius 1 is 1.62 bits per heavy atom. The molecule has 3 nitrogen and oxygen atoms in total. The first-order valence-electron chi connectivity index (χ1n) is 4.34. The van der Waals surface area contributed by atoms with E-state index in [9.17, 15) is 0 Å². The Bertz CT molecular complexity index is 287. The van der Waals surface area contributed by atoms with Crippen LogP contribution >= 0.6 is 11.6 Å². The van der Waals surface area contributed by atoms with Crippen molar-refractivity contribution in [3.63, 3.8) is 0 Å². The smallest absolute Gasteiger partial charge is 0.232 e. The maximum atomic E-state index is 5.89. The number of ether oxygens (including phenoxy) is 1. The van der Waals surface area contributed by atoms with Gasteiger partial charge in [0.1, 0.15) is 11.1 Å². The number of hydrogen-bond donors (Lipinski definition) is 1. The van der Waals surface area contributed by atoms with Crippen molar-refractivity contribution in [2.75, 3.05) is 13.1 Å². The lowest BCUT2D eigenvalue weighted by molar-refractivity contribution is 0.214. The van der Waals surface area contributed by atoms with Gasteiger partial charge in [-0.25, -0.2) is 4.98 Å². The minimum Gasteiger partial charge on any atom is -0.472 e. The van der Waals surface area contributed by atoms with Gasteiger partial charge in [-0.15, -0.1) is 0 Å². The predicted octanol–water partition coefficient (Wildman–Crippen LogP) is 1.48. The average Bonchev–Trinajstić information content (AvgIpc) is 2.61. The van der Waals surface area contributed by atoms with Gasteiger partial charge < -0.3 is 10.1 Å². The molecule has 2 heterocycles. The summed E-state index contributed by atoms with van der Waals surface area (Å²) in [5.74, 6) is 0.540. The third-order valence-electron chi connectivity index (χ3n) is 2.02. The minimum absolute atomic E-state index is 0.215. The van der Waals surface area contributed by atoms with Crippen molar-refractivity contribution in [2.24, 2.45) is 0 Å². The maximum Gasteiger partial charge on any atom is 0.232 e. The van der Waals surface area contributed by atoms with Crippen molar-refractivity contribution in [2.45, 2.75) is 12.5 Å². The molecule has 4 heteroatoms. The second kappa shape index (κ2) is 3.94. The van der Waals surface area contributed by atoms with Crippen molar-refractivity contribution < 1.29 is 4.74 Å². The van der Waals surface area contributed by atoms with Crippen LogP contribution in [0.3, 0.4) is 0 Å². The second-order valence-electron chi connectivity index (χ2n) is 3.02. The summed E-state index contributed by atoms with van der Waals surface area (Å²) >= 11 is 5.89. The van der Waals surface area contributed by atoms with Crippen LogP contribution in [-0.4, -0.2) is 24.2 Å². The number of rotatable bonds is 2. The van der Waals surface area contributed by atoms with Crippen molar-refractivity contribution in [3.05, 3.63) is 23.4 Å². The van der Waals surface area contributed by atoms with Crippen LogP contribution in [0.15, 0.2) is 18.3 Å². The summed E-state index contributed by atoms with van der Waals surface area (Å²) in [6.07, 6.45) is 2.92. The first kappa shape index (κ1) is 8.78. The molecule has 1 N–H and O–H groups in total. The molecule has 0 bridgehead atoms. The number of pyridine rings is 1. The van der Waals surface area contributed by atoms with E-state index in [1.807, 2.05) is 0 Å². The zero-order chi connectivity index (χ0) is 9.10. The maximum absolute atomic E-state index is 5.89. The molecule has 0 aromatic carbocycles. The van der Waals surface area contributed by atoms with Crippen molar-refractivity contribution in [1.29, 1.82) is 0 Å². The van der Waals surface area contributed by atoms with Gasteiger partial charge in [0.15, 0.2) is 0 Å². The van der Waals surface area contributed by atoms with E-state index in [4.69, 9.17) is 16.3 Å². The van der Waals surface area contributed by atoms with Crippen LogP contribution in [0.25, 0.3) is 0 Å². The number of nitrogens with one attached hydrogen (secondary N) is 1. The molecule has 0 unspecified atom stereocenters. The van der Waals surface area contributed by atoms with Gasteiger partial charge in [-0.3, -0.25) is 0 Å². The van der Waals surface area contributed by atoms with Gasteiger partial charge in [0.2, 0.25) is 5.88 Å². The molecule has 1 aliphatic heterocycles. The lowest BCUT2D eigenvalue weighted by Crippen LogP contribution is -2.20. The highest BCUT2D eigenvalue weighted by atomic mass is 35.5. The highest BCUT2D eigenvalue weighted by Crippen LogP contribution is 2.22. The van der Waals surface area contributed by atoms with Gasteiger partial charge in [0.25, 0.3) is 0 Å². The molecule has 1 aromatic heterocycles. The second-order valence-corrected chi connectivity index (χ2v) is 3.43. The zero-order valence-electron chi connectivity index (χ0n) is 7.16. The number of aromatic nitrogens is 1. The summed E-state index contributed by atoms with van der Waals surface area (Å²) in [5.41, 5.74) is 0. The Hall–Kier alpha value is -0.800. The van der Waals surface area contributed by atoms with E-state index in [1.54, 1.807) is 18.3 Å². The third kappa shape index (κ3) is 2.11. The van der Waals surface area contributed by atoms with Crippen molar-refractivity contribution >= 4 is 11.6 Å². The summed E-state index contributed by atoms with van der Waals surface area (Å²) in [7, 11) is 0. The van der Waals surface area contributed by atoms with E-state index in [0.29, 0.717) is 10.9 Å². The molecule has 1 aliphatic rings. The highest BCUT2D eigenvalue weighted by Gasteiger charge is 2.17. The molecule has 1 atom stereocenters. The molecule has 0 spiro atoms. The quantitative estimate of drug-likeness (QED) is 0.782. The van der Waals surface area contributed by atoms with Gasteiger partial charge >= 0.3 is 0 Å². The van der Waals surface area contributed by atoms with Gasteiger partial charge in [-0.1, -0.05) is 11.6 Å². The average molecular weight is 199 g/mol. The van der Waals surface area contributed by atoms with Gasteiger partial charge in [0.05, 0.1) is 0 Å². The normalized spacial score (nSPS) is 21.8. The molecular formula is C9H11ClN2O. The Labute approximate surface area is 82.1 Å². The standard InChI is InChI=1S/C9H11ClN2O/c10-8-2-1-4-12-9(8)13-7-3-5-11-6-7/h1-2,4,7,11H,3,5-6H2/t7-/m1/s1. The van der Waals surface area contributed by atoms with Crippen molar-refractivity contribution in [1.82, 2.24) is 10.3 Å². The molecule has 13 heavy (non-hydrogen) atoms. The van der Waals surface area contributed by atoms with E-state index in [2.05, 4.69) is 10.3 Å². The molecule has 1 fully saturated rings. The summed E-state index contributed by atoms with van der Waals surface area (Å²) < 4.78 is 5.60. The van der Waals surface area contributed by atoms with Gasteiger partial charge in [0, 0.05) is 12.7 Å². The molecule has 0 radical (unpaired) electrons. The van der Waals surface area contributed by atoms with E-state index in [-0.39, 0.29) is 6.10 Å². The van der Waals surface area contributed by atoms with Crippen LogP contribution in [0, 0.1) is 0 Å². The number of hydrogen-bond acceptors (Lipinski definition) is 3. The predicted molar refractivity (Wildman–Crippen MR) is 51.1 cm³/mol. The fourth-order valence-corrected chi connectivity index (χ4v) is 1.51. The number of halogens is 1. The molecule has 1 aromatic rings. The molecule has 70 valence electrons. The van der Waals surface area contributed by atoms with E-state index >= 15 is 0 Å². The van der Waals surface area contributed by atoms with Crippen LogP contribution in [0.1, 0.15) is 6.42 Å². The first-order chi connectivity index (χ1) is 6.36. The lowest BCUT2D eigenvalue weighted by Gasteiger charge is -2.11. The Balaban J connectivity index is 2.04. The minimum atomic E-state index is 0.215. The summed E-state index contributed by atoms with van der Waals surface area (Å²) in [6, 6.07) is 3.58. The van der Waals surface area contributed by atoms with Crippen LogP contribution in [0.2, 0.25) is 5.02 Å². The SMILES string of the molecule is Clc1cccnc1O[C@@H]1CCNC1. The van der Waals surface area contributed by atoms with Crippen LogP contribution < -0.4 is 10.1 Å². The molecule has 0 amide bonds. The Kier molecular flexibility index (Phi) is 2.66. The lowest BCUT2D eigenvalue weighted by atomic mass is 10.3. The monoisotopic (exact) mass is 198 g/mol. The Morgan fingerprint density at radius 3 is 3.23 bits per heavy atom. The van der Waals surface area contributed by atoms with Crippen molar-refractivity contribution in [3.8, 4) is 5.88 Å². The summed E-state index contributed by atoms with van der Waals surface area (Å²) in [6.45, 7) is 1.89. The van der Waals surface area contributed by atoms with Gasteiger partial charge in [-0.05, 0) is 25.1 Å². The summed E-state index contributed by atoms with van der Waals surface area (Å²) in [4.78, 5) is 4.06.